The molecule has 4 aromatic heterocycles. The summed E-state index contributed by atoms with van der Waals surface area (Å²) in [6.45, 7) is 1.88. The van der Waals surface area contributed by atoms with E-state index < -0.39 is 18.2 Å². The van der Waals surface area contributed by atoms with Crippen LogP contribution < -0.4 is 11.1 Å². The minimum atomic E-state index is -5.08. The molecule has 0 saturated carbocycles. The van der Waals surface area contributed by atoms with Crippen LogP contribution in [-0.4, -0.2) is 52.4 Å². The van der Waals surface area contributed by atoms with Gasteiger partial charge in [-0.2, -0.15) is 13.2 Å². The van der Waals surface area contributed by atoms with Crippen LogP contribution in [0.1, 0.15) is 28.9 Å². The van der Waals surface area contributed by atoms with Gasteiger partial charge >= 0.3 is 12.1 Å². The molecule has 4 N–H and O–H groups in total. The van der Waals surface area contributed by atoms with Crippen LogP contribution in [0.25, 0.3) is 22.6 Å². The van der Waals surface area contributed by atoms with E-state index in [9.17, 15) is 18.0 Å². The van der Waals surface area contributed by atoms with Crippen LogP contribution in [0.4, 0.5) is 19.0 Å². The normalized spacial score (nSPS) is 12.1. The Morgan fingerprint density at radius 1 is 1.16 bits per heavy atom. The minimum absolute atomic E-state index is 0.110. The van der Waals surface area contributed by atoms with Gasteiger partial charge in [-0.15, -0.1) is 15.3 Å². The maximum absolute atomic E-state index is 13.1. The molecule has 15 heteroatoms. The number of amides is 1. The maximum Gasteiger partial charge on any atom is 0.490 e. The number of rotatable bonds is 4. The summed E-state index contributed by atoms with van der Waals surface area (Å²) in [5.41, 5.74) is 9.74. The Hall–Kier alpha value is -4.72. The molecule has 0 spiro atoms. The molecule has 1 unspecified atom stereocenters. The zero-order valence-electron chi connectivity index (χ0n) is 19.4. The van der Waals surface area contributed by atoms with Crippen LogP contribution in [-0.2, 0) is 4.79 Å². The van der Waals surface area contributed by atoms with E-state index in [0.717, 1.165) is 16.8 Å². The van der Waals surface area contributed by atoms with Gasteiger partial charge in [0.1, 0.15) is 11.9 Å². The van der Waals surface area contributed by atoms with Crippen LogP contribution in [0.15, 0.2) is 61.2 Å². The van der Waals surface area contributed by atoms with E-state index >= 15 is 0 Å². The number of pyridine rings is 1. The molecular formula is C23H18ClF3N8O3. The van der Waals surface area contributed by atoms with E-state index in [4.69, 9.17) is 27.2 Å². The fourth-order valence-corrected chi connectivity index (χ4v) is 3.92. The molecule has 196 valence electrons. The predicted octanol–water partition coefficient (Wildman–Crippen LogP) is 3.80. The number of carboxylic acids is 1. The quantitative estimate of drug-likeness (QED) is 0.308. The summed E-state index contributed by atoms with van der Waals surface area (Å²) in [7, 11) is 0. The van der Waals surface area contributed by atoms with Crippen LogP contribution in [0.5, 0.6) is 0 Å². The van der Waals surface area contributed by atoms with E-state index in [1.165, 1.54) is 4.52 Å². The van der Waals surface area contributed by atoms with Crippen molar-refractivity contribution in [3.05, 3.63) is 77.3 Å². The highest BCUT2D eigenvalue weighted by Crippen LogP contribution is 2.33. The van der Waals surface area contributed by atoms with Gasteiger partial charge in [-0.25, -0.2) is 14.3 Å². The average Bonchev–Trinajstić information content (AvgIpc) is 3.48. The molecule has 0 saturated heterocycles. The number of benzene rings is 1. The molecule has 1 atom stereocenters. The largest absolute Gasteiger partial charge is 0.490 e. The molecule has 5 aromatic rings. The van der Waals surface area contributed by atoms with Crippen molar-refractivity contribution in [1.82, 2.24) is 34.5 Å². The van der Waals surface area contributed by atoms with E-state index in [1.807, 2.05) is 41.7 Å². The average molecular weight is 547 g/mol. The number of hydrogen-bond donors (Lipinski definition) is 3. The molecule has 38 heavy (non-hydrogen) atoms. The van der Waals surface area contributed by atoms with Gasteiger partial charge in [0.05, 0.1) is 16.8 Å². The SMILES string of the molecule is CC(NC(=O)c1c(N)nn2cccnc12)c1cc(Cl)c2nncn2c1-c1ccccc1.O=C(O)C(F)(F)F. The Morgan fingerprint density at radius 3 is 2.50 bits per heavy atom. The van der Waals surface area contributed by atoms with Crippen LogP contribution in [0.3, 0.4) is 0 Å². The topological polar surface area (TPSA) is 153 Å². The number of nitrogen functional groups attached to an aromatic ring is 1. The zero-order valence-corrected chi connectivity index (χ0v) is 20.1. The summed E-state index contributed by atoms with van der Waals surface area (Å²) in [4.78, 5) is 26.3. The van der Waals surface area contributed by atoms with Crippen LogP contribution in [0, 0.1) is 0 Å². The Labute approximate surface area is 216 Å². The van der Waals surface area contributed by atoms with Crippen molar-refractivity contribution in [3.63, 3.8) is 0 Å². The summed E-state index contributed by atoms with van der Waals surface area (Å²) < 4.78 is 35.0. The number of aromatic nitrogens is 6. The highest BCUT2D eigenvalue weighted by atomic mass is 35.5. The zero-order chi connectivity index (χ0) is 27.6. The second-order valence-electron chi connectivity index (χ2n) is 7.83. The molecule has 0 aliphatic carbocycles. The number of nitrogens with zero attached hydrogens (tertiary/aromatic N) is 6. The lowest BCUT2D eigenvalue weighted by Crippen LogP contribution is -2.28. The fraction of sp³-hybridized carbons (Fsp3) is 0.130. The Morgan fingerprint density at radius 2 is 1.84 bits per heavy atom. The van der Waals surface area contributed by atoms with Crippen molar-refractivity contribution in [2.24, 2.45) is 0 Å². The number of halogens is 4. The number of hydrogen-bond acceptors (Lipinski definition) is 7. The lowest BCUT2D eigenvalue weighted by atomic mass is 10.00. The van der Waals surface area contributed by atoms with Gasteiger partial charge in [0.25, 0.3) is 5.91 Å². The molecular weight excluding hydrogens is 529 g/mol. The molecule has 5 rings (SSSR count). The first kappa shape index (κ1) is 26.3. The van der Waals surface area contributed by atoms with Crippen LogP contribution in [0.2, 0.25) is 5.02 Å². The van der Waals surface area contributed by atoms with Crippen molar-refractivity contribution in [2.75, 3.05) is 5.73 Å². The molecule has 1 amide bonds. The first-order valence-corrected chi connectivity index (χ1v) is 11.1. The standard InChI is InChI=1S/C21H17ClN8O.C2HF3O2/c1-12(26-21(31)16-18(23)28-30-9-5-8-24-20(16)30)14-10-15(22)19-27-25-11-29(19)17(14)13-6-3-2-4-7-13;3-2(4,5)1(6)7/h2-12H,1H3,(H2,23,28)(H,26,31);(H,6,7). The first-order valence-electron chi connectivity index (χ1n) is 10.8. The number of aliphatic carboxylic acids is 1. The van der Waals surface area contributed by atoms with Gasteiger partial charge in [-0.3, -0.25) is 9.20 Å². The van der Waals surface area contributed by atoms with Crippen LogP contribution >= 0.6 is 11.6 Å². The van der Waals surface area contributed by atoms with E-state index in [-0.39, 0.29) is 17.3 Å². The monoisotopic (exact) mass is 546 g/mol. The number of alkyl halides is 3. The summed E-state index contributed by atoms with van der Waals surface area (Å²) in [5, 5.41) is 22.8. The molecule has 0 fully saturated rings. The highest BCUT2D eigenvalue weighted by molar-refractivity contribution is 6.33. The highest BCUT2D eigenvalue weighted by Gasteiger charge is 2.38. The van der Waals surface area contributed by atoms with Crippen molar-refractivity contribution in [3.8, 4) is 11.3 Å². The van der Waals surface area contributed by atoms with E-state index in [1.54, 1.807) is 30.9 Å². The number of nitrogens with two attached hydrogens (primary N) is 1. The minimum Gasteiger partial charge on any atom is -0.475 e. The number of anilines is 1. The first-order chi connectivity index (χ1) is 18.0. The third-order valence-corrected chi connectivity index (χ3v) is 5.59. The maximum atomic E-state index is 13.1. The fourth-order valence-electron chi connectivity index (χ4n) is 3.67. The summed E-state index contributed by atoms with van der Waals surface area (Å²) in [5.74, 6) is -3.02. The predicted molar refractivity (Wildman–Crippen MR) is 130 cm³/mol. The summed E-state index contributed by atoms with van der Waals surface area (Å²) in [6, 6.07) is 12.9. The number of nitrogens with one attached hydrogen (secondary N) is 1. The number of carbonyl (C=O) groups excluding carboxylic acids is 1. The second-order valence-corrected chi connectivity index (χ2v) is 8.24. The molecule has 0 bridgehead atoms. The van der Waals surface area contributed by atoms with Crippen molar-refractivity contribution >= 4 is 40.6 Å². The van der Waals surface area contributed by atoms with Crippen molar-refractivity contribution in [1.29, 1.82) is 0 Å². The summed E-state index contributed by atoms with van der Waals surface area (Å²) in [6.07, 6.45) is -0.204. The third kappa shape index (κ3) is 5.20. The van der Waals surface area contributed by atoms with Crippen molar-refractivity contribution in [2.45, 2.75) is 19.1 Å². The lowest BCUT2D eigenvalue weighted by molar-refractivity contribution is -0.192. The Kier molecular flexibility index (Phi) is 7.17. The van der Waals surface area contributed by atoms with Gasteiger partial charge < -0.3 is 16.2 Å². The van der Waals surface area contributed by atoms with E-state index in [2.05, 4.69) is 25.6 Å². The smallest absolute Gasteiger partial charge is 0.475 e. The van der Waals surface area contributed by atoms with Crippen molar-refractivity contribution < 1.29 is 27.9 Å². The molecule has 1 aromatic carbocycles. The van der Waals surface area contributed by atoms with Gasteiger partial charge in [0.2, 0.25) is 0 Å². The van der Waals surface area contributed by atoms with Gasteiger partial charge in [0, 0.05) is 18.0 Å². The molecule has 11 nitrogen and oxygen atoms in total. The van der Waals surface area contributed by atoms with E-state index in [0.29, 0.717) is 16.3 Å². The molecule has 0 radical (unpaired) electrons. The second kappa shape index (κ2) is 10.3. The lowest BCUT2D eigenvalue weighted by Gasteiger charge is -2.20. The van der Waals surface area contributed by atoms with Gasteiger partial charge in [0.15, 0.2) is 17.1 Å². The number of carboxylic acid groups (broad SMARTS) is 1. The summed E-state index contributed by atoms with van der Waals surface area (Å²) >= 11 is 6.47. The molecule has 4 heterocycles. The number of carbonyl (C=O) groups is 2. The van der Waals surface area contributed by atoms with Gasteiger partial charge in [-0.1, -0.05) is 41.9 Å². The number of fused-ring (bicyclic) bond motifs is 2. The Bertz CT molecular complexity index is 1640. The third-order valence-electron chi connectivity index (χ3n) is 5.31. The molecule has 0 aliphatic rings. The Balaban J connectivity index is 0.000000426. The van der Waals surface area contributed by atoms with Gasteiger partial charge in [-0.05, 0) is 24.6 Å². The molecule has 0 aliphatic heterocycles.